The lowest BCUT2D eigenvalue weighted by Crippen LogP contribution is -2.07. The van der Waals surface area contributed by atoms with Crippen LogP contribution in [0.3, 0.4) is 0 Å². The summed E-state index contributed by atoms with van der Waals surface area (Å²) in [6.07, 6.45) is 17.2. The van der Waals surface area contributed by atoms with E-state index in [9.17, 15) is 4.79 Å². The summed E-state index contributed by atoms with van der Waals surface area (Å²) in [5.41, 5.74) is 1.20. The maximum absolute atomic E-state index is 11.7. The van der Waals surface area contributed by atoms with Crippen LogP contribution in [0, 0.1) is 0 Å². The topological polar surface area (TPSA) is 26.3 Å². The Kier molecular flexibility index (Phi) is 14.1. The van der Waals surface area contributed by atoms with Crippen LogP contribution in [-0.2, 0) is 16.0 Å². The van der Waals surface area contributed by atoms with Gasteiger partial charge in [0, 0.05) is 6.42 Å². The number of esters is 1. The first-order chi connectivity index (χ1) is 12.3. The van der Waals surface area contributed by atoms with Crippen molar-refractivity contribution in [2.24, 2.45) is 0 Å². The van der Waals surface area contributed by atoms with Gasteiger partial charge in [0.25, 0.3) is 0 Å². The first-order valence-corrected chi connectivity index (χ1v) is 10.5. The minimum absolute atomic E-state index is 0.0630. The molecule has 142 valence electrons. The number of ether oxygens (including phenoxy) is 1. The van der Waals surface area contributed by atoms with Gasteiger partial charge in [0.05, 0.1) is 6.61 Å². The summed E-state index contributed by atoms with van der Waals surface area (Å²) >= 11 is 0. The van der Waals surface area contributed by atoms with Crippen LogP contribution >= 0.6 is 0 Å². The molecular formula is C23H38O2. The highest BCUT2D eigenvalue weighted by molar-refractivity contribution is 5.69. The molecule has 0 aliphatic heterocycles. The summed E-state index contributed by atoms with van der Waals surface area (Å²) < 4.78 is 5.32. The molecule has 0 unspecified atom stereocenters. The molecular weight excluding hydrogens is 308 g/mol. The van der Waals surface area contributed by atoms with E-state index in [1.54, 1.807) is 0 Å². The average molecular weight is 347 g/mol. The molecule has 0 aromatic heterocycles. The number of hydrogen-bond donors (Lipinski definition) is 0. The van der Waals surface area contributed by atoms with Crippen LogP contribution in [0.4, 0.5) is 0 Å². The second-order valence-corrected chi connectivity index (χ2v) is 7.10. The van der Waals surface area contributed by atoms with Crippen molar-refractivity contribution in [3.8, 4) is 0 Å². The van der Waals surface area contributed by atoms with Crippen LogP contribution in [0.15, 0.2) is 30.3 Å². The standard InChI is InChI=1S/C23H38O2/c1-2-3-4-5-6-7-8-9-10-11-12-16-21-25-23(24)20-19-22-17-14-13-15-18-22/h13-15,17-18H,2-12,16,19-21H2,1H3. The molecule has 0 saturated carbocycles. The molecule has 0 amide bonds. The zero-order chi connectivity index (χ0) is 18.0. The van der Waals surface area contributed by atoms with Gasteiger partial charge in [0.1, 0.15) is 0 Å². The van der Waals surface area contributed by atoms with E-state index in [2.05, 4.69) is 19.1 Å². The molecule has 2 nitrogen and oxygen atoms in total. The Labute approximate surface area is 155 Å². The predicted molar refractivity (Wildman–Crippen MR) is 107 cm³/mol. The van der Waals surface area contributed by atoms with Crippen molar-refractivity contribution in [3.63, 3.8) is 0 Å². The van der Waals surface area contributed by atoms with Crippen LogP contribution in [0.5, 0.6) is 0 Å². The second kappa shape index (κ2) is 16.2. The first-order valence-electron chi connectivity index (χ1n) is 10.5. The SMILES string of the molecule is CCCCCCCCCCCCCCOC(=O)CCc1ccccc1. The molecule has 0 bridgehead atoms. The molecule has 0 aliphatic carbocycles. The van der Waals surface area contributed by atoms with Gasteiger partial charge in [-0.2, -0.15) is 0 Å². The van der Waals surface area contributed by atoms with Gasteiger partial charge in [-0.15, -0.1) is 0 Å². The van der Waals surface area contributed by atoms with Crippen molar-refractivity contribution >= 4 is 5.97 Å². The van der Waals surface area contributed by atoms with E-state index in [0.29, 0.717) is 13.0 Å². The number of carbonyl (C=O) groups excluding carboxylic acids is 1. The van der Waals surface area contributed by atoms with Crippen LogP contribution < -0.4 is 0 Å². The highest BCUT2D eigenvalue weighted by Gasteiger charge is 2.03. The zero-order valence-electron chi connectivity index (χ0n) is 16.3. The summed E-state index contributed by atoms with van der Waals surface area (Å²) in [4.78, 5) is 11.7. The molecule has 1 aromatic carbocycles. The predicted octanol–water partition coefficient (Wildman–Crippen LogP) is 6.86. The molecule has 0 spiro atoms. The van der Waals surface area contributed by atoms with E-state index in [1.807, 2.05) is 18.2 Å². The summed E-state index contributed by atoms with van der Waals surface area (Å²) in [6.45, 7) is 2.86. The van der Waals surface area contributed by atoms with Crippen LogP contribution in [0.1, 0.15) is 96.0 Å². The van der Waals surface area contributed by atoms with Gasteiger partial charge in [-0.1, -0.05) is 108 Å². The van der Waals surface area contributed by atoms with Crippen LogP contribution in [0.25, 0.3) is 0 Å². The van der Waals surface area contributed by atoms with Crippen molar-refractivity contribution < 1.29 is 9.53 Å². The lowest BCUT2D eigenvalue weighted by molar-refractivity contribution is -0.143. The Balaban J connectivity index is 1.80. The lowest BCUT2D eigenvalue weighted by Gasteiger charge is -2.05. The molecule has 25 heavy (non-hydrogen) atoms. The smallest absolute Gasteiger partial charge is 0.306 e. The maximum atomic E-state index is 11.7. The Hall–Kier alpha value is -1.31. The van der Waals surface area contributed by atoms with E-state index in [1.165, 1.54) is 76.2 Å². The Morgan fingerprint density at radius 1 is 0.760 bits per heavy atom. The number of aryl methyl sites for hydroxylation is 1. The van der Waals surface area contributed by atoms with E-state index in [4.69, 9.17) is 4.74 Å². The largest absolute Gasteiger partial charge is 0.466 e. The normalized spacial score (nSPS) is 10.8. The minimum atomic E-state index is -0.0630. The Morgan fingerprint density at radius 2 is 1.28 bits per heavy atom. The third-order valence-corrected chi connectivity index (χ3v) is 4.72. The molecule has 1 aromatic rings. The lowest BCUT2D eigenvalue weighted by atomic mass is 10.1. The third kappa shape index (κ3) is 13.6. The van der Waals surface area contributed by atoms with E-state index >= 15 is 0 Å². The van der Waals surface area contributed by atoms with Gasteiger partial charge in [-0.05, 0) is 18.4 Å². The summed E-state index contributed by atoms with van der Waals surface area (Å²) in [5.74, 6) is -0.0630. The van der Waals surface area contributed by atoms with Gasteiger partial charge in [0.15, 0.2) is 0 Å². The minimum Gasteiger partial charge on any atom is -0.466 e. The first kappa shape index (κ1) is 21.7. The highest BCUT2D eigenvalue weighted by Crippen LogP contribution is 2.12. The average Bonchev–Trinajstić information content (AvgIpc) is 2.64. The molecule has 2 heteroatoms. The monoisotopic (exact) mass is 346 g/mol. The molecule has 0 radical (unpaired) electrons. The molecule has 0 atom stereocenters. The van der Waals surface area contributed by atoms with Crippen molar-refractivity contribution in [3.05, 3.63) is 35.9 Å². The zero-order valence-corrected chi connectivity index (χ0v) is 16.3. The Bertz CT molecular complexity index is 413. The molecule has 0 N–H and O–H groups in total. The quantitative estimate of drug-likeness (QED) is 0.241. The number of hydrogen-bond acceptors (Lipinski definition) is 2. The van der Waals surface area contributed by atoms with Crippen LogP contribution in [0.2, 0.25) is 0 Å². The molecule has 0 aliphatic rings. The molecule has 0 heterocycles. The maximum Gasteiger partial charge on any atom is 0.306 e. The summed E-state index contributed by atoms with van der Waals surface area (Å²) in [7, 11) is 0. The Morgan fingerprint density at radius 3 is 1.84 bits per heavy atom. The number of unbranched alkanes of at least 4 members (excludes halogenated alkanes) is 11. The highest BCUT2D eigenvalue weighted by atomic mass is 16.5. The van der Waals surface area contributed by atoms with Gasteiger partial charge in [0.2, 0.25) is 0 Å². The van der Waals surface area contributed by atoms with Gasteiger partial charge >= 0.3 is 5.97 Å². The van der Waals surface area contributed by atoms with E-state index in [-0.39, 0.29) is 5.97 Å². The van der Waals surface area contributed by atoms with Crippen molar-refractivity contribution in [2.75, 3.05) is 6.61 Å². The van der Waals surface area contributed by atoms with Crippen molar-refractivity contribution in [1.82, 2.24) is 0 Å². The van der Waals surface area contributed by atoms with Crippen LogP contribution in [-0.4, -0.2) is 12.6 Å². The number of benzene rings is 1. The third-order valence-electron chi connectivity index (χ3n) is 4.72. The number of carbonyl (C=O) groups is 1. The fourth-order valence-electron chi connectivity index (χ4n) is 3.09. The van der Waals surface area contributed by atoms with Gasteiger partial charge in [-0.3, -0.25) is 4.79 Å². The summed E-state index contributed by atoms with van der Waals surface area (Å²) in [6, 6.07) is 10.1. The fraction of sp³-hybridized carbons (Fsp3) is 0.696. The second-order valence-electron chi connectivity index (χ2n) is 7.10. The summed E-state index contributed by atoms with van der Waals surface area (Å²) in [5, 5.41) is 0. The molecule has 1 rings (SSSR count). The van der Waals surface area contributed by atoms with Gasteiger partial charge < -0.3 is 4.74 Å². The van der Waals surface area contributed by atoms with Gasteiger partial charge in [-0.25, -0.2) is 0 Å². The van der Waals surface area contributed by atoms with Crippen molar-refractivity contribution in [1.29, 1.82) is 0 Å². The van der Waals surface area contributed by atoms with E-state index < -0.39 is 0 Å². The van der Waals surface area contributed by atoms with E-state index in [0.717, 1.165) is 12.8 Å². The fourth-order valence-corrected chi connectivity index (χ4v) is 3.09. The molecule has 0 fully saturated rings. The number of rotatable bonds is 16. The van der Waals surface area contributed by atoms with Crippen molar-refractivity contribution in [2.45, 2.75) is 96.8 Å². The molecule has 0 saturated heterocycles.